The first-order chi connectivity index (χ1) is 8.10. The van der Waals surface area contributed by atoms with Gasteiger partial charge < -0.3 is 9.47 Å². The molecule has 6 heteroatoms. The van der Waals surface area contributed by atoms with Crippen LogP contribution in [-0.4, -0.2) is 25.1 Å². The van der Waals surface area contributed by atoms with Gasteiger partial charge in [-0.3, -0.25) is 10.1 Å². The molecule has 1 rings (SSSR count). The normalized spacial score (nSPS) is 10.8. The van der Waals surface area contributed by atoms with Crippen molar-refractivity contribution in [2.75, 3.05) is 14.2 Å². The van der Waals surface area contributed by atoms with Gasteiger partial charge in [0.25, 0.3) is 0 Å². The fourth-order valence-electron chi connectivity index (χ4n) is 1.22. The van der Waals surface area contributed by atoms with Crippen molar-refractivity contribution >= 4 is 12.0 Å². The first kappa shape index (κ1) is 12.7. The second-order valence-electron chi connectivity index (χ2n) is 3.02. The van der Waals surface area contributed by atoms with Crippen LogP contribution in [0.25, 0.3) is 6.08 Å². The molecule has 90 valence electrons. The highest BCUT2D eigenvalue weighted by Crippen LogP contribution is 2.20. The van der Waals surface area contributed by atoms with E-state index in [1.165, 1.54) is 7.11 Å². The number of nitrogens with zero attached hydrogens (tertiary/aromatic N) is 1. The number of hydrogen-bond acceptors (Lipinski definition) is 5. The zero-order valence-electron chi connectivity index (χ0n) is 9.38. The summed E-state index contributed by atoms with van der Waals surface area (Å²) in [6.45, 7) is 0. The lowest BCUT2D eigenvalue weighted by atomic mass is 10.1. The van der Waals surface area contributed by atoms with Crippen LogP contribution in [-0.2, 0) is 9.53 Å². The molecule has 1 aromatic carbocycles. The third-order valence-electron chi connectivity index (χ3n) is 2.02. The van der Waals surface area contributed by atoms with Crippen molar-refractivity contribution in [3.8, 4) is 5.75 Å². The molecule has 0 radical (unpaired) electrons. The molecule has 0 aromatic heterocycles. The van der Waals surface area contributed by atoms with Crippen LogP contribution in [0.4, 0.5) is 0 Å². The van der Waals surface area contributed by atoms with Crippen molar-refractivity contribution in [2.24, 2.45) is 0 Å². The topological polar surface area (TPSA) is 78.7 Å². The van der Waals surface area contributed by atoms with Crippen molar-refractivity contribution in [2.45, 2.75) is 0 Å². The minimum atomic E-state index is -0.999. The van der Waals surface area contributed by atoms with E-state index in [1.54, 1.807) is 24.3 Å². The lowest BCUT2D eigenvalue weighted by molar-refractivity contribution is -0.419. The molecule has 0 heterocycles. The summed E-state index contributed by atoms with van der Waals surface area (Å²) < 4.78 is 9.35. The Hall–Kier alpha value is -2.37. The van der Waals surface area contributed by atoms with Gasteiger partial charge in [0.2, 0.25) is 0 Å². The number of benzene rings is 1. The van der Waals surface area contributed by atoms with Gasteiger partial charge >= 0.3 is 11.7 Å². The molecule has 17 heavy (non-hydrogen) atoms. The Morgan fingerprint density at radius 3 is 2.53 bits per heavy atom. The molecule has 0 atom stereocenters. The molecule has 0 amide bonds. The largest absolute Gasteiger partial charge is 0.496 e. The zero-order valence-corrected chi connectivity index (χ0v) is 9.38. The van der Waals surface area contributed by atoms with E-state index in [0.717, 1.165) is 13.2 Å². The van der Waals surface area contributed by atoms with Crippen molar-refractivity contribution in [1.29, 1.82) is 0 Å². The second kappa shape index (κ2) is 5.64. The number of ether oxygens (including phenoxy) is 2. The predicted molar refractivity (Wildman–Crippen MR) is 60.0 cm³/mol. The van der Waals surface area contributed by atoms with E-state index in [0.29, 0.717) is 11.3 Å². The van der Waals surface area contributed by atoms with Crippen molar-refractivity contribution in [3.63, 3.8) is 0 Å². The zero-order chi connectivity index (χ0) is 12.8. The molecule has 0 saturated heterocycles. The number of carbonyl (C=O) groups excluding carboxylic acids is 1. The number of para-hydroxylation sites is 1. The smallest absolute Gasteiger partial charge is 0.409 e. The van der Waals surface area contributed by atoms with Gasteiger partial charge in [0.05, 0.1) is 19.1 Å². The molecule has 0 fully saturated rings. The standard InChI is InChI=1S/C11H11NO5/c1-16-10-6-4-3-5-8(10)7-9(12(14)15)11(13)17-2/h3-7H,1-2H3/b9-7-. The number of esters is 1. The lowest BCUT2D eigenvalue weighted by Gasteiger charge is -2.03. The van der Waals surface area contributed by atoms with E-state index in [9.17, 15) is 14.9 Å². The third kappa shape index (κ3) is 3.04. The number of hydrogen-bond donors (Lipinski definition) is 0. The average Bonchev–Trinajstić information content (AvgIpc) is 2.35. The summed E-state index contributed by atoms with van der Waals surface area (Å²) in [5, 5.41) is 10.7. The van der Waals surface area contributed by atoms with Crippen LogP contribution in [0.1, 0.15) is 5.56 Å². The second-order valence-corrected chi connectivity index (χ2v) is 3.02. The van der Waals surface area contributed by atoms with E-state index in [4.69, 9.17) is 4.74 Å². The fraction of sp³-hybridized carbons (Fsp3) is 0.182. The highest BCUT2D eigenvalue weighted by atomic mass is 16.6. The molecule has 0 spiro atoms. The monoisotopic (exact) mass is 237 g/mol. The Balaban J connectivity index is 3.22. The van der Waals surface area contributed by atoms with E-state index in [1.807, 2.05) is 0 Å². The predicted octanol–water partition coefficient (Wildman–Crippen LogP) is 1.49. The van der Waals surface area contributed by atoms with Crippen LogP contribution in [0, 0.1) is 10.1 Å². The van der Waals surface area contributed by atoms with E-state index >= 15 is 0 Å². The molecule has 0 aliphatic carbocycles. The van der Waals surface area contributed by atoms with Crippen LogP contribution >= 0.6 is 0 Å². The van der Waals surface area contributed by atoms with Gasteiger partial charge in [-0.05, 0) is 6.07 Å². The van der Waals surface area contributed by atoms with E-state index < -0.39 is 16.6 Å². The molecule has 0 N–H and O–H groups in total. The van der Waals surface area contributed by atoms with Gasteiger partial charge in [0.15, 0.2) is 0 Å². The molecular weight excluding hydrogens is 226 g/mol. The molecule has 0 bridgehead atoms. The molecule has 0 aliphatic heterocycles. The first-order valence-corrected chi connectivity index (χ1v) is 4.67. The van der Waals surface area contributed by atoms with Gasteiger partial charge in [-0.25, -0.2) is 4.79 Å². The molecule has 0 saturated carbocycles. The number of rotatable bonds is 4. The lowest BCUT2D eigenvalue weighted by Crippen LogP contribution is -2.12. The minimum absolute atomic E-state index is 0.437. The Morgan fingerprint density at radius 1 is 1.35 bits per heavy atom. The SMILES string of the molecule is COC(=O)/C(=C/c1ccccc1OC)[N+](=O)[O-]. The number of nitro groups is 1. The van der Waals surface area contributed by atoms with Crippen LogP contribution in [0.15, 0.2) is 30.0 Å². The molecule has 0 aliphatic rings. The van der Waals surface area contributed by atoms with Gasteiger partial charge in [-0.15, -0.1) is 0 Å². The summed E-state index contributed by atoms with van der Waals surface area (Å²) in [6, 6.07) is 6.65. The van der Waals surface area contributed by atoms with Gasteiger partial charge in [0.1, 0.15) is 5.75 Å². The highest BCUT2D eigenvalue weighted by Gasteiger charge is 2.23. The van der Waals surface area contributed by atoms with Gasteiger partial charge in [-0.1, -0.05) is 18.2 Å². The summed E-state index contributed by atoms with van der Waals surface area (Å²) in [4.78, 5) is 21.1. The Bertz CT molecular complexity index is 467. The van der Waals surface area contributed by atoms with Crippen molar-refractivity contribution < 1.29 is 19.2 Å². The van der Waals surface area contributed by atoms with Crippen molar-refractivity contribution in [3.05, 3.63) is 45.6 Å². The van der Waals surface area contributed by atoms with Crippen LogP contribution in [0.3, 0.4) is 0 Å². The first-order valence-electron chi connectivity index (χ1n) is 4.67. The summed E-state index contributed by atoms with van der Waals surface area (Å²) in [5.74, 6) is -0.559. The highest BCUT2D eigenvalue weighted by molar-refractivity contribution is 5.91. The van der Waals surface area contributed by atoms with Gasteiger partial charge in [0, 0.05) is 11.6 Å². The van der Waals surface area contributed by atoms with Crippen LogP contribution in [0.2, 0.25) is 0 Å². The maximum Gasteiger partial charge on any atom is 0.409 e. The minimum Gasteiger partial charge on any atom is -0.496 e. The molecule has 1 aromatic rings. The summed E-state index contributed by atoms with van der Waals surface area (Å²) >= 11 is 0. The molecular formula is C11H11NO5. The van der Waals surface area contributed by atoms with Crippen molar-refractivity contribution in [1.82, 2.24) is 0 Å². The van der Waals surface area contributed by atoms with E-state index in [-0.39, 0.29) is 0 Å². The van der Waals surface area contributed by atoms with E-state index in [2.05, 4.69) is 4.74 Å². The number of carbonyl (C=O) groups is 1. The van der Waals surface area contributed by atoms with Crippen LogP contribution < -0.4 is 4.74 Å². The number of methoxy groups -OCH3 is 2. The summed E-state index contributed by atoms with van der Waals surface area (Å²) in [7, 11) is 2.53. The molecule has 6 nitrogen and oxygen atoms in total. The third-order valence-corrected chi connectivity index (χ3v) is 2.02. The maximum atomic E-state index is 11.2. The average molecular weight is 237 g/mol. The van der Waals surface area contributed by atoms with Gasteiger partial charge in [-0.2, -0.15) is 0 Å². The van der Waals surface area contributed by atoms with Crippen LogP contribution in [0.5, 0.6) is 5.75 Å². The quantitative estimate of drug-likeness (QED) is 0.343. The summed E-state index contributed by atoms with van der Waals surface area (Å²) in [5.41, 5.74) is -0.205. The Kier molecular flexibility index (Phi) is 4.21. The maximum absolute atomic E-state index is 11.2. The Morgan fingerprint density at radius 2 is 2.00 bits per heavy atom. The fourth-order valence-corrected chi connectivity index (χ4v) is 1.22. The Labute approximate surface area is 97.6 Å². The molecule has 0 unspecified atom stereocenters. The summed E-state index contributed by atoms with van der Waals surface area (Å²) in [6.07, 6.45) is 1.12.